The summed E-state index contributed by atoms with van der Waals surface area (Å²) in [6.07, 6.45) is 6.14. The highest BCUT2D eigenvalue weighted by Crippen LogP contribution is 2.29. The molecule has 1 N–H and O–H groups in total. The van der Waals surface area contributed by atoms with Gasteiger partial charge in [-0.15, -0.1) is 17.8 Å². The maximum Gasteiger partial charge on any atom is 0.307 e. The molecule has 38 heavy (non-hydrogen) atoms. The van der Waals surface area contributed by atoms with Gasteiger partial charge < -0.3 is 19.5 Å². The van der Waals surface area contributed by atoms with Gasteiger partial charge >= 0.3 is 5.97 Å². The summed E-state index contributed by atoms with van der Waals surface area (Å²) < 4.78 is 33.6. The Kier molecular flexibility index (Phi) is 7.28. The van der Waals surface area contributed by atoms with Gasteiger partial charge in [0.2, 0.25) is 0 Å². The number of nitrogens with zero attached hydrogens (tertiary/aromatic N) is 4. The monoisotopic (exact) mass is 555 g/mol. The Morgan fingerprint density at radius 2 is 2.08 bits per heavy atom. The van der Waals surface area contributed by atoms with E-state index in [-0.39, 0.29) is 43.6 Å². The molecule has 2 aliphatic heterocycles. The largest absolute Gasteiger partial charge is 0.466 e. The Morgan fingerprint density at radius 1 is 1.26 bits per heavy atom. The number of fused-ring (bicyclic) bond motifs is 2. The molecule has 1 atom stereocenters. The normalized spacial score (nSPS) is 18.8. The average molecular weight is 556 g/mol. The van der Waals surface area contributed by atoms with Crippen LogP contribution in [0.25, 0.3) is 10.9 Å². The van der Waals surface area contributed by atoms with E-state index >= 15 is 0 Å². The van der Waals surface area contributed by atoms with E-state index in [1.807, 2.05) is 7.05 Å². The van der Waals surface area contributed by atoms with Gasteiger partial charge in [-0.3, -0.25) is 9.59 Å². The minimum atomic E-state index is -3.93. The summed E-state index contributed by atoms with van der Waals surface area (Å²) in [5.74, 6) is 1.78. The molecule has 0 radical (unpaired) electrons. The first-order chi connectivity index (χ1) is 18.2. The number of terminal acetylenes is 1. The van der Waals surface area contributed by atoms with Crippen LogP contribution in [0, 0.1) is 12.3 Å². The number of esters is 1. The van der Waals surface area contributed by atoms with E-state index in [4.69, 9.17) is 11.2 Å². The molecule has 0 spiro atoms. The Morgan fingerprint density at radius 3 is 2.84 bits per heavy atom. The van der Waals surface area contributed by atoms with Gasteiger partial charge in [-0.2, -0.15) is 4.31 Å². The number of thiazole rings is 1. The average Bonchev–Trinajstić information content (AvgIpc) is 3.52. The fourth-order valence-corrected chi connectivity index (χ4v) is 7.54. The first-order valence-electron chi connectivity index (χ1n) is 12.4. The lowest BCUT2D eigenvalue weighted by atomic mass is 10.1. The van der Waals surface area contributed by atoms with Crippen LogP contribution in [-0.4, -0.2) is 90.2 Å². The Hall–Kier alpha value is -3.24. The summed E-state index contributed by atoms with van der Waals surface area (Å²) in [6, 6.07) is 6.10. The molecule has 12 heteroatoms. The van der Waals surface area contributed by atoms with Crippen molar-refractivity contribution in [3.05, 3.63) is 45.4 Å². The first kappa shape index (κ1) is 26.4. The molecule has 1 aromatic carbocycles. The van der Waals surface area contributed by atoms with Crippen molar-refractivity contribution in [1.29, 1.82) is 0 Å². The summed E-state index contributed by atoms with van der Waals surface area (Å²) in [6.45, 7) is 3.71. The number of hydrogen-bond acceptors (Lipinski definition) is 8. The van der Waals surface area contributed by atoms with Gasteiger partial charge in [0.1, 0.15) is 5.03 Å². The van der Waals surface area contributed by atoms with Crippen LogP contribution in [0.5, 0.6) is 0 Å². The summed E-state index contributed by atoms with van der Waals surface area (Å²) in [7, 11) is -1.90. The van der Waals surface area contributed by atoms with Crippen LogP contribution >= 0.6 is 11.3 Å². The van der Waals surface area contributed by atoms with Gasteiger partial charge in [0.05, 0.1) is 24.8 Å². The lowest BCUT2D eigenvalue weighted by molar-refractivity contribution is -0.144. The third-order valence-electron chi connectivity index (χ3n) is 6.90. The molecule has 200 valence electrons. The molecule has 10 nitrogen and oxygen atoms in total. The predicted octanol–water partition coefficient (Wildman–Crippen LogP) is 2.06. The molecule has 4 heterocycles. The molecule has 5 rings (SSSR count). The molecule has 0 aliphatic carbocycles. The number of benzene rings is 1. The number of likely N-dealkylation sites (N-methyl/N-ethyl adjacent to an activating group) is 1. The fraction of sp³-hybridized carbons (Fsp3) is 0.423. The fourth-order valence-electron chi connectivity index (χ4n) is 4.91. The first-order valence-corrected chi connectivity index (χ1v) is 14.7. The van der Waals surface area contributed by atoms with Crippen molar-refractivity contribution in [3.63, 3.8) is 0 Å². The second-order valence-electron chi connectivity index (χ2n) is 9.48. The molecule has 1 fully saturated rings. The van der Waals surface area contributed by atoms with Crippen LogP contribution in [0.1, 0.15) is 39.3 Å². The number of H-pyrrole nitrogens is 1. The number of nitrogens with one attached hydrogen (secondary N) is 1. The van der Waals surface area contributed by atoms with Crippen LogP contribution in [0.2, 0.25) is 0 Å². The highest BCUT2D eigenvalue weighted by molar-refractivity contribution is 7.89. The molecule has 1 amide bonds. The van der Waals surface area contributed by atoms with Crippen molar-refractivity contribution in [2.45, 2.75) is 37.4 Å². The van der Waals surface area contributed by atoms with Crippen molar-refractivity contribution < 1.29 is 22.7 Å². The number of rotatable bonds is 6. The van der Waals surface area contributed by atoms with Gasteiger partial charge in [-0.25, -0.2) is 13.4 Å². The zero-order valence-electron chi connectivity index (χ0n) is 21.3. The number of aromatic amines is 1. The molecule has 1 unspecified atom stereocenters. The highest BCUT2D eigenvalue weighted by atomic mass is 32.2. The van der Waals surface area contributed by atoms with E-state index in [1.165, 1.54) is 15.6 Å². The summed E-state index contributed by atoms with van der Waals surface area (Å²) in [5, 5.41) is 1.10. The lowest BCUT2D eigenvalue weighted by Crippen LogP contribution is -2.57. The smallest absolute Gasteiger partial charge is 0.307 e. The standard InChI is InChI=1S/C26H29N5O5S2/c1-4-17-6-7-20-18(12-17)13-23(27-20)38(34,35)30-10-11-31(19(15-30)14-24(32)36-5-2)26(33)25-28-21-8-9-29(3)16-22(21)37-25/h1,6-7,12-13,19,27H,5,8-11,14-16H2,2-3H3. The van der Waals surface area contributed by atoms with E-state index in [2.05, 4.69) is 20.8 Å². The Labute approximate surface area is 225 Å². The quantitative estimate of drug-likeness (QED) is 0.366. The van der Waals surface area contributed by atoms with Gasteiger partial charge in [0, 0.05) is 60.5 Å². The van der Waals surface area contributed by atoms with E-state index in [1.54, 1.807) is 36.1 Å². The summed E-state index contributed by atoms with van der Waals surface area (Å²) >= 11 is 1.37. The number of ether oxygens (including phenoxy) is 1. The van der Waals surface area contributed by atoms with Crippen LogP contribution in [0.15, 0.2) is 29.3 Å². The maximum atomic E-state index is 13.6. The molecule has 2 aliphatic rings. The summed E-state index contributed by atoms with van der Waals surface area (Å²) in [4.78, 5) is 38.4. The number of hydrogen-bond donors (Lipinski definition) is 1. The van der Waals surface area contributed by atoms with Crippen molar-refractivity contribution in [2.24, 2.45) is 0 Å². The van der Waals surface area contributed by atoms with Crippen molar-refractivity contribution in [1.82, 2.24) is 24.1 Å². The minimum absolute atomic E-state index is 0.0352. The summed E-state index contributed by atoms with van der Waals surface area (Å²) in [5.41, 5.74) is 2.24. The molecule has 0 bridgehead atoms. The predicted molar refractivity (Wildman–Crippen MR) is 143 cm³/mol. The molecular weight excluding hydrogens is 526 g/mol. The van der Waals surface area contributed by atoms with Crippen LogP contribution in [-0.2, 0) is 32.5 Å². The number of carbonyl (C=O) groups is 2. The highest BCUT2D eigenvalue weighted by Gasteiger charge is 2.39. The SMILES string of the molecule is C#Cc1ccc2[nH]c(S(=O)(=O)N3CCN(C(=O)c4nc5c(s4)CN(C)CC5)C(CC(=O)OCC)C3)cc2c1. The lowest BCUT2D eigenvalue weighted by Gasteiger charge is -2.39. The van der Waals surface area contributed by atoms with Crippen LogP contribution in [0.4, 0.5) is 0 Å². The van der Waals surface area contributed by atoms with Gasteiger partial charge in [0.25, 0.3) is 15.9 Å². The maximum absolute atomic E-state index is 13.6. The third-order valence-corrected chi connectivity index (χ3v) is 9.76. The Bertz CT molecular complexity index is 1540. The number of sulfonamides is 1. The topological polar surface area (TPSA) is 116 Å². The van der Waals surface area contributed by atoms with Crippen LogP contribution in [0.3, 0.4) is 0 Å². The van der Waals surface area contributed by atoms with Gasteiger partial charge in [-0.1, -0.05) is 5.92 Å². The van der Waals surface area contributed by atoms with E-state index in [9.17, 15) is 18.0 Å². The third kappa shape index (κ3) is 5.07. The molecule has 3 aromatic rings. The molecule has 2 aromatic heterocycles. The molecule has 0 saturated carbocycles. The molecule has 1 saturated heterocycles. The van der Waals surface area contributed by atoms with Crippen molar-refractivity contribution in [3.8, 4) is 12.3 Å². The van der Waals surface area contributed by atoms with Crippen molar-refractivity contribution in [2.75, 3.05) is 39.8 Å². The zero-order valence-corrected chi connectivity index (χ0v) is 22.9. The second kappa shape index (κ2) is 10.5. The Balaban J connectivity index is 1.40. The van der Waals surface area contributed by atoms with E-state index in [0.29, 0.717) is 21.5 Å². The molecular formula is C26H29N5O5S2. The van der Waals surface area contributed by atoms with Gasteiger partial charge in [-0.05, 0) is 38.2 Å². The van der Waals surface area contributed by atoms with E-state index < -0.39 is 22.0 Å². The van der Waals surface area contributed by atoms with E-state index in [0.717, 1.165) is 30.1 Å². The second-order valence-corrected chi connectivity index (χ2v) is 12.5. The number of piperazine rings is 1. The van der Waals surface area contributed by atoms with Crippen molar-refractivity contribution >= 4 is 44.1 Å². The number of carbonyl (C=O) groups excluding carboxylic acids is 2. The minimum Gasteiger partial charge on any atom is -0.466 e. The number of amides is 1. The zero-order chi connectivity index (χ0) is 27.0. The van der Waals surface area contributed by atoms with Gasteiger partial charge in [0.15, 0.2) is 5.01 Å². The van der Waals surface area contributed by atoms with Crippen LogP contribution < -0.4 is 0 Å². The number of aromatic nitrogens is 2.